The molecular weight excluding hydrogens is 745 g/mol. The van der Waals surface area contributed by atoms with Crippen molar-refractivity contribution in [3.63, 3.8) is 0 Å². The van der Waals surface area contributed by atoms with E-state index in [0.29, 0.717) is 34.5 Å². The Kier molecular flexibility index (Phi) is 8.69. The van der Waals surface area contributed by atoms with Gasteiger partial charge in [-0.05, 0) is 68.4 Å². The van der Waals surface area contributed by atoms with Crippen LogP contribution in [-0.4, -0.2) is 55.4 Å². The van der Waals surface area contributed by atoms with Gasteiger partial charge in [-0.15, -0.1) is 13.2 Å². The molecular formula is C39H35Cl2F4N7O2. The van der Waals surface area contributed by atoms with Crippen molar-refractivity contribution < 1.29 is 27.1 Å². The standard InChI is InChI=1S/C39H35Cl2F4N7O2/c1-19-26-15-31(30-14-24(17-50(30)38(53)20-7-8-20)54-18-23-9-11-48-52(23)39(43,44)45)51(36-22-13-29(36)47-16-22)37(26)27-12-21(4-3-10-46)32(34(42)35(27)49-19)25-5-2-6-28(40)33(25)41/h2,5-6,9,11-12,15,20,22,24,29-30,36,47H,3-4,7-8,13-14,16-18H2,1H3/t22-,24+,29-,30-,36+/m1/s1. The number of ether oxygens (including phenoxy) is 1. The van der Waals surface area contributed by atoms with Crippen LogP contribution in [0.3, 0.4) is 0 Å². The zero-order valence-electron chi connectivity index (χ0n) is 29.1. The van der Waals surface area contributed by atoms with Gasteiger partial charge >= 0.3 is 6.30 Å². The van der Waals surface area contributed by atoms with Gasteiger partial charge in [0.2, 0.25) is 5.91 Å². The molecule has 1 N–H and O–H groups in total. The highest BCUT2D eigenvalue weighted by Crippen LogP contribution is 2.51. The highest BCUT2D eigenvalue weighted by Gasteiger charge is 2.51. The summed E-state index contributed by atoms with van der Waals surface area (Å²) in [4.78, 5) is 20.6. The molecule has 2 aliphatic carbocycles. The number of pyridine rings is 1. The second kappa shape index (κ2) is 13.2. The van der Waals surface area contributed by atoms with Crippen molar-refractivity contribution in [2.24, 2.45) is 11.8 Å². The van der Waals surface area contributed by atoms with Crippen LogP contribution >= 0.6 is 23.2 Å². The Hall–Kier alpha value is -4.22. The number of aromatic nitrogens is 4. The SMILES string of the molecule is Cc1nc2c(F)c(-c3cccc(Cl)c3Cl)c(CCC#N)cc2c2c1cc([C@H]1C[C@H](OCc3ccnn3C(F)(F)F)CN1C(=O)C1CC1)n2[C@H]1[C@H]2CN[C@@H]1C2. The molecule has 5 aromatic rings. The number of amides is 1. The smallest absolute Gasteiger partial charge is 0.370 e. The number of likely N-dealkylation sites (tertiary alicyclic amines) is 1. The van der Waals surface area contributed by atoms with Crippen LogP contribution in [0.4, 0.5) is 17.6 Å². The van der Waals surface area contributed by atoms with E-state index in [0.717, 1.165) is 48.6 Å². The van der Waals surface area contributed by atoms with Gasteiger partial charge in [0.25, 0.3) is 0 Å². The molecule has 3 saturated heterocycles. The van der Waals surface area contributed by atoms with Crippen LogP contribution in [0.15, 0.2) is 42.6 Å². The van der Waals surface area contributed by atoms with Crippen LogP contribution in [-0.2, 0) is 28.9 Å². The summed E-state index contributed by atoms with van der Waals surface area (Å²) < 4.78 is 66.3. The molecule has 9 nitrogen and oxygen atoms in total. The van der Waals surface area contributed by atoms with Crippen LogP contribution in [0.25, 0.3) is 32.9 Å². The number of nitrogens with zero attached hydrogens (tertiary/aromatic N) is 6. The number of alkyl halides is 3. The van der Waals surface area contributed by atoms with Crippen molar-refractivity contribution >= 4 is 50.9 Å². The summed E-state index contributed by atoms with van der Waals surface area (Å²) >= 11 is 13.0. The molecule has 15 heteroatoms. The Balaban J connectivity index is 1.21. The Morgan fingerprint density at radius 1 is 1.15 bits per heavy atom. The molecule has 3 aliphatic heterocycles. The van der Waals surface area contributed by atoms with Gasteiger partial charge in [0.1, 0.15) is 5.52 Å². The van der Waals surface area contributed by atoms with Gasteiger partial charge in [-0.25, -0.2) is 9.37 Å². The van der Waals surface area contributed by atoms with Gasteiger partial charge in [0.05, 0.1) is 52.1 Å². The minimum Gasteiger partial charge on any atom is -0.370 e. The summed E-state index contributed by atoms with van der Waals surface area (Å²) in [6, 6.07) is 12.2. The number of rotatable bonds is 9. The minimum atomic E-state index is -4.69. The van der Waals surface area contributed by atoms with E-state index in [9.17, 15) is 23.2 Å². The van der Waals surface area contributed by atoms with Crippen LogP contribution in [0.2, 0.25) is 10.0 Å². The van der Waals surface area contributed by atoms with Crippen molar-refractivity contribution in [1.82, 2.24) is 29.5 Å². The molecule has 280 valence electrons. The number of carbonyl (C=O) groups is 1. The highest BCUT2D eigenvalue weighted by atomic mass is 35.5. The summed E-state index contributed by atoms with van der Waals surface area (Å²) in [5.74, 6) is -0.346. The number of nitrogens with one attached hydrogen (secondary N) is 1. The summed E-state index contributed by atoms with van der Waals surface area (Å²) in [7, 11) is 0. The Bertz CT molecular complexity index is 2370. The maximum absolute atomic E-state index is 17.2. The summed E-state index contributed by atoms with van der Waals surface area (Å²) in [5, 5.41) is 18.5. The van der Waals surface area contributed by atoms with Crippen molar-refractivity contribution in [2.45, 2.75) is 82.6 Å². The number of nitriles is 1. The Labute approximate surface area is 317 Å². The van der Waals surface area contributed by atoms with Crippen LogP contribution in [0, 0.1) is 35.9 Å². The first-order valence-corrected chi connectivity index (χ1v) is 18.9. The molecule has 3 aromatic heterocycles. The second-order valence-electron chi connectivity index (χ2n) is 14.9. The van der Waals surface area contributed by atoms with Crippen molar-refractivity contribution in [3.05, 3.63) is 81.1 Å². The van der Waals surface area contributed by atoms with Crippen molar-refractivity contribution in [2.75, 3.05) is 13.1 Å². The quantitative estimate of drug-likeness (QED) is 0.151. The predicted octanol–water partition coefficient (Wildman–Crippen LogP) is 8.54. The number of aryl methyl sites for hydroxylation is 2. The van der Waals surface area contributed by atoms with Gasteiger partial charge in [-0.3, -0.25) is 4.79 Å². The molecule has 54 heavy (non-hydrogen) atoms. The van der Waals surface area contributed by atoms with Gasteiger partial charge < -0.3 is 19.5 Å². The molecule has 0 unspecified atom stereocenters. The number of carbonyl (C=O) groups excluding carboxylic acids is 1. The minimum absolute atomic E-state index is 0.000441. The number of hydrogen-bond acceptors (Lipinski definition) is 6. The molecule has 0 spiro atoms. The summed E-state index contributed by atoms with van der Waals surface area (Å²) in [5.41, 5.74) is 3.58. The molecule has 2 bridgehead atoms. The fourth-order valence-corrected chi connectivity index (χ4v) is 9.37. The second-order valence-corrected chi connectivity index (χ2v) is 15.7. The lowest BCUT2D eigenvalue weighted by molar-refractivity contribution is -0.215. The largest absolute Gasteiger partial charge is 0.504 e. The number of hydrogen-bond donors (Lipinski definition) is 1. The Morgan fingerprint density at radius 2 is 1.96 bits per heavy atom. The molecule has 5 fully saturated rings. The van der Waals surface area contributed by atoms with Crippen LogP contribution in [0.5, 0.6) is 0 Å². The zero-order valence-corrected chi connectivity index (χ0v) is 30.6. The first kappa shape index (κ1) is 35.5. The highest BCUT2D eigenvalue weighted by molar-refractivity contribution is 6.43. The molecule has 2 saturated carbocycles. The third-order valence-corrected chi connectivity index (χ3v) is 12.5. The maximum atomic E-state index is 17.2. The summed E-state index contributed by atoms with van der Waals surface area (Å²) in [6.07, 6.45) is -0.791. The first-order valence-electron chi connectivity index (χ1n) is 18.2. The lowest BCUT2D eigenvalue weighted by atomic mass is 9.79. The first-order chi connectivity index (χ1) is 25.9. The van der Waals surface area contributed by atoms with E-state index in [-0.39, 0.29) is 81.4 Å². The molecule has 1 amide bonds. The van der Waals surface area contributed by atoms with Gasteiger partial charge in [-0.2, -0.15) is 15.0 Å². The fourth-order valence-electron chi connectivity index (χ4n) is 8.98. The average Bonchev–Trinajstić information content (AvgIpc) is 3.62. The van der Waals surface area contributed by atoms with E-state index < -0.39 is 24.3 Å². The van der Waals surface area contributed by atoms with Gasteiger partial charge in [0.15, 0.2) is 5.82 Å². The number of halogens is 6. The molecule has 5 atom stereocenters. The molecule has 5 aliphatic rings. The molecule has 10 rings (SSSR count). The topological polar surface area (TPSA) is 101 Å². The fraction of sp³-hybridized carbons (Fsp3) is 0.436. The van der Waals surface area contributed by atoms with E-state index >= 15 is 4.39 Å². The van der Waals surface area contributed by atoms with E-state index in [1.54, 1.807) is 18.2 Å². The lowest BCUT2D eigenvalue weighted by Crippen LogP contribution is -2.41. The van der Waals surface area contributed by atoms with E-state index in [1.807, 2.05) is 17.9 Å². The van der Waals surface area contributed by atoms with Crippen LogP contribution < -0.4 is 5.32 Å². The van der Waals surface area contributed by atoms with Crippen LogP contribution in [0.1, 0.15) is 66.8 Å². The average molecular weight is 781 g/mol. The predicted molar refractivity (Wildman–Crippen MR) is 194 cm³/mol. The van der Waals surface area contributed by atoms with Gasteiger partial charge in [0, 0.05) is 77.4 Å². The normalized spacial score (nSPS) is 23.7. The lowest BCUT2D eigenvalue weighted by Gasteiger charge is -2.39. The molecule has 0 radical (unpaired) electrons. The monoisotopic (exact) mass is 779 g/mol. The van der Waals surface area contributed by atoms with E-state index in [4.69, 9.17) is 32.9 Å². The third-order valence-electron chi connectivity index (χ3n) is 11.7. The van der Waals surface area contributed by atoms with E-state index in [2.05, 4.69) is 27.1 Å². The van der Waals surface area contributed by atoms with Gasteiger partial charge in [-0.1, -0.05) is 35.3 Å². The third kappa shape index (κ3) is 5.76. The molecule has 6 heterocycles. The number of benzene rings is 2. The zero-order chi connectivity index (χ0) is 37.6. The molecule has 2 aromatic carbocycles. The van der Waals surface area contributed by atoms with Crippen molar-refractivity contribution in [1.29, 1.82) is 5.26 Å². The van der Waals surface area contributed by atoms with E-state index in [1.165, 1.54) is 6.07 Å². The summed E-state index contributed by atoms with van der Waals surface area (Å²) in [6.45, 7) is 2.57. The number of fused-ring (bicyclic) bond motifs is 4. The maximum Gasteiger partial charge on any atom is 0.504 e. The Morgan fingerprint density at radius 3 is 2.67 bits per heavy atom. The van der Waals surface area contributed by atoms with Crippen molar-refractivity contribution in [3.8, 4) is 17.2 Å².